The highest BCUT2D eigenvalue weighted by atomic mass is 16.5. The fraction of sp³-hybridized carbons (Fsp3) is 0.259. The average Bonchev–Trinajstić information content (AvgIpc) is 2.98. The zero-order chi connectivity index (χ0) is 22.2. The highest BCUT2D eigenvalue weighted by molar-refractivity contribution is 6.10. The quantitative estimate of drug-likeness (QED) is 0.413. The van der Waals surface area contributed by atoms with Crippen LogP contribution in [0.25, 0.3) is 10.8 Å². The van der Waals surface area contributed by atoms with Crippen molar-refractivity contribution in [2.45, 2.75) is 32.6 Å². The number of amides is 1. The van der Waals surface area contributed by atoms with E-state index in [1.165, 1.54) is 6.26 Å². The molecule has 3 aromatic carbocycles. The lowest BCUT2D eigenvalue weighted by Gasteiger charge is -2.28. The van der Waals surface area contributed by atoms with E-state index in [1.54, 1.807) is 11.0 Å². The number of ether oxygens (including phenoxy) is 1. The topological polar surface area (TPSA) is 46.6 Å². The molecular weight excluding hydrogens is 386 g/mol. The van der Waals surface area contributed by atoms with E-state index >= 15 is 0 Å². The van der Waals surface area contributed by atoms with Crippen molar-refractivity contribution in [2.75, 3.05) is 11.9 Å². The number of likely N-dealkylation sites (N-methyl/N-ethyl adjacent to an activating group) is 1. The minimum atomic E-state index is -0.875. The van der Waals surface area contributed by atoms with Crippen molar-refractivity contribution >= 4 is 28.3 Å². The van der Waals surface area contributed by atoms with E-state index in [0.717, 1.165) is 27.6 Å². The minimum Gasteiger partial charge on any atom is -0.434 e. The number of rotatable bonds is 4. The first kappa shape index (κ1) is 20.9. The van der Waals surface area contributed by atoms with E-state index in [0.29, 0.717) is 6.42 Å². The largest absolute Gasteiger partial charge is 0.434 e. The maximum Gasteiger partial charge on any atom is 0.316 e. The lowest BCUT2D eigenvalue weighted by molar-refractivity contribution is -0.146. The number of carbonyl (C=O) groups excluding carboxylic acids is 2. The number of fused-ring (bicyclic) bond motifs is 2. The first-order valence-electron chi connectivity index (χ1n) is 10.5. The van der Waals surface area contributed by atoms with Crippen molar-refractivity contribution in [1.82, 2.24) is 0 Å². The maximum absolute atomic E-state index is 13.7. The Balaban J connectivity index is 1.80. The van der Waals surface area contributed by atoms with Gasteiger partial charge in [0.25, 0.3) is 0 Å². The molecule has 0 spiro atoms. The third-order valence-electron chi connectivity index (χ3n) is 5.94. The van der Waals surface area contributed by atoms with Crippen LogP contribution in [0.2, 0.25) is 0 Å². The zero-order valence-corrected chi connectivity index (χ0v) is 18.4. The Labute approximate surface area is 183 Å². The van der Waals surface area contributed by atoms with Crippen molar-refractivity contribution in [1.29, 1.82) is 0 Å². The zero-order valence-electron chi connectivity index (χ0n) is 18.4. The highest BCUT2D eigenvalue weighted by Crippen LogP contribution is 2.48. The molecule has 0 saturated carbocycles. The van der Waals surface area contributed by atoms with Gasteiger partial charge in [-0.3, -0.25) is 9.59 Å². The number of para-hydroxylation sites is 1. The van der Waals surface area contributed by atoms with Crippen LogP contribution in [0.4, 0.5) is 5.69 Å². The molecule has 0 aliphatic carbocycles. The van der Waals surface area contributed by atoms with Crippen molar-refractivity contribution in [3.63, 3.8) is 0 Å². The summed E-state index contributed by atoms with van der Waals surface area (Å²) in [4.78, 5) is 27.5. The van der Waals surface area contributed by atoms with Gasteiger partial charge in [0.1, 0.15) is 5.41 Å². The Kier molecular flexibility index (Phi) is 5.18. The second-order valence-corrected chi connectivity index (χ2v) is 9.08. The predicted molar refractivity (Wildman–Crippen MR) is 124 cm³/mol. The van der Waals surface area contributed by atoms with Crippen LogP contribution in [0.15, 0.2) is 79.1 Å². The van der Waals surface area contributed by atoms with E-state index in [-0.39, 0.29) is 11.9 Å². The molecule has 3 aromatic rings. The summed E-state index contributed by atoms with van der Waals surface area (Å²) < 4.78 is 5.32. The Morgan fingerprint density at radius 1 is 1.00 bits per heavy atom. The van der Waals surface area contributed by atoms with Crippen LogP contribution in [0, 0.1) is 5.41 Å². The van der Waals surface area contributed by atoms with Gasteiger partial charge in [-0.05, 0) is 67.3 Å². The summed E-state index contributed by atoms with van der Waals surface area (Å²) in [5, 5.41) is 2.21. The van der Waals surface area contributed by atoms with Crippen LogP contribution in [-0.4, -0.2) is 18.9 Å². The molecule has 0 N–H and O–H groups in total. The van der Waals surface area contributed by atoms with Gasteiger partial charge in [-0.15, -0.1) is 0 Å². The molecular formula is C27H27NO3. The molecule has 1 atom stereocenters. The first-order chi connectivity index (χ1) is 14.7. The van der Waals surface area contributed by atoms with E-state index in [9.17, 15) is 9.59 Å². The molecule has 0 radical (unpaired) electrons. The third-order valence-corrected chi connectivity index (χ3v) is 5.94. The molecule has 1 aliphatic heterocycles. The summed E-state index contributed by atoms with van der Waals surface area (Å²) in [7, 11) is 1.81. The summed E-state index contributed by atoms with van der Waals surface area (Å²) in [6.07, 6.45) is 3.60. The third kappa shape index (κ3) is 3.52. The molecule has 4 rings (SSSR count). The number of hydrogen-bond donors (Lipinski definition) is 0. The molecule has 31 heavy (non-hydrogen) atoms. The first-order valence-corrected chi connectivity index (χ1v) is 10.5. The van der Waals surface area contributed by atoms with Crippen molar-refractivity contribution < 1.29 is 14.3 Å². The van der Waals surface area contributed by atoms with E-state index < -0.39 is 10.8 Å². The molecule has 1 amide bonds. The second-order valence-electron chi connectivity index (χ2n) is 9.08. The van der Waals surface area contributed by atoms with Crippen molar-refractivity contribution in [3.8, 4) is 0 Å². The van der Waals surface area contributed by atoms with E-state index in [2.05, 4.69) is 24.3 Å². The van der Waals surface area contributed by atoms with Gasteiger partial charge in [0.05, 0.1) is 11.7 Å². The van der Waals surface area contributed by atoms with Crippen LogP contribution in [0.1, 0.15) is 38.3 Å². The Morgan fingerprint density at radius 2 is 1.68 bits per heavy atom. The molecule has 1 aliphatic rings. The van der Waals surface area contributed by atoms with Crippen molar-refractivity contribution in [3.05, 3.63) is 90.2 Å². The second kappa shape index (κ2) is 7.69. The smallest absolute Gasteiger partial charge is 0.316 e. The van der Waals surface area contributed by atoms with E-state index in [4.69, 9.17) is 4.74 Å². The molecule has 0 fully saturated rings. The van der Waals surface area contributed by atoms with Crippen molar-refractivity contribution in [2.24, 2.45) is 5.41 Å². The SMILES string of the molecule is CN1C(=O)C(C/C=C/OC(=O)C(C)(C)C)(c2ccc3ccccc3c2)c2ccccc21. The molecule has 0 saturated heterocycles. The van der Waals surface area contributed by atoms with E-state index in [1.807, 2.05) is 70.3 Å². The Morgan fingerprint density at radius 3 is 2.42 bits per heavy atom. The van der Waals surface area contributed by atoms with Crippen LogP contribution < -0.4 is 4.90 Å². The standard InChI is InChI=1S/C27H27NO3/c1-26(2,3)25(30)31-17-9-16-27(21-15-14-19-10-5-6-11-20(19)18-21)22-12-7-8-13-23(22)28(4)24(27)29/h5-15,17-18H,16H2,1-4H3/b17-9+. The summed E-state index contributed by atoms with van der Waals surface area (Å²) in [6.45, 7) is 5.43. The van der Waals surface area contributed by atoms with Gasteiger partial charge in [-0.25, -0.2) is 0 Å². The Bertz CT molecular complexity index is 1190. The number of benzene rings is 3. The predicted octanol–water partition coefficient (Wildman–Crippen LogP) is 5.60. The molecule has 4 heteroatoms. The molecule has 0 bridgehead atoms. The number of allylic oxidation sites excluding steroid dienone is 1. The van der Waals surface area contributed by atoms with Gasteiger partial charge in [0.15, 0.2) is 0 Å². The van der Waals surface area contributed by atoms with Gasteiger partial charge in [0.2, 0.25) is 5.91 Å². The van der Waals surface area contributed by atoms with Gasteiger partial charge < -0.3 is 9.64 Å². The van der Waals surface area contributed by atoms with Gasteiger partial charge in [-0.1, -0.05) is 54.6 Å². The summed E-state index contributed by atoms with van der Waals surface area (Å²) in [6, 6.07) is 22.2. The fourth-order valence-electron chi connectivity index (χ4n) is 4.20. The van der Waals surface area contributed by atoms with Gasteiger partial charge >= 0.3 is 5.97 Å². The molecule has 1 unspecified atom stereocenters. The summed E-state index contributed by atoms with van der Waals surface area (Å²) in [5.41, 5.74) is 1.33. The van der Waals surface area contributed by atoms with Crippen LogP contribution in [-0.2, 0) is 19.7 Å². The lowest BCUT2D eigenvalue weighted by atomic mass is 9.72. The lowest BCUT2D eigenvalue weighted by Crippen LogP contribution is -2.39. The summed E-state index contributed by atoms with van der Waals surface area (Å²) in [5.74, 6) is -0.297. The van der Waals surface area contributed by atoms with Gasteiger partial charge in [0, 0.05) is 12.7 Å². The molecule has 1 heterocycles. The molecule has 4 nitrogen and oxygen atoms in total. The maximum atomic E-state index is 13.7. The number of anilines is 1. The number of nitrogens with zero attached hydrogens (tertiary/aromatic N) is 1. The highest BCUT2D eigenvalue weighted by Gasteiger charge is 2.50. The number of esters is 1. The van der Waals surface area contributed by atoms with Crippen LogP contribution >= 0.6 is 0 Å². The number of carbonyl (C=O) groups is 2. The van der Waals surface area contributed by atoms with Gasteiger partial charge in [-0.2, -0.15) is 0 Å². The fourth-order valence-corrected chi connectivity index (χ4v) is 4.20. The Hall–Kier alpha value is -3.40. The molecule has 0 aromatic heterocycles. The monoisotopic (exact) mass is 413 g/mol. The minimum absolute atomic E-state index is 0.00998. The molecule has 158 valence electrons. The normalized spacial score (nSPS) is 18.6. The van der Waals surface area contributed by atoms with Crippen LogP contribution in [0.5, 0.6) is 0 Å². The summed E-state index contributed by atoms with van der Waals surface area (Å²) >= 11 is 0. The van der Waals surface area contributed by atoms with Crippen LogP contribution in [0.3, 0.4) is 0 Å². The number of hydrogen-bond acceptors (Lipinski definition) is 3. The average molecular weight is 414 g/mol.